The number of nitrogens with one attached hydrogen (secondary N) is 1. The molecule has 0 aliphatic carbocycles. The molecular formula is C27H30N6O2. The van der Waals surface area contributed by atoms with Crippen molar-refractivity contribution in [2.45, 2.75) is 19.9 Å². The second kappa shape index (κ2) is 9.66. The fourth-order valence-corrected chi connectivity index (χ4v) is 4.67. The van der Waals surface area contributed by atoms with Gasteiger partial charge in [0.25, 0.3) is 0 Å². The second-order valence-corrected chi connectivity index (χ2v) is 8.87. The van der Waals surface area contributed by atoms with Crippen LogP contribution in [-0.2, 0) is 0 Å². The average molecular weight is 471 g/mol. The molecule has 2 amide bonds. The number of rotatable bonds is 5. The van der Waals surface area contributed by atoms with E-state index in [1.165, 1.54) is 10.8 Å². The van der Waals surface area contributed by atoms with E-state index >= 15 is 0 Å². The summed E-state index contributed by atoms with van der Waals surface area (Å²) in [5, 5.41) is 13.8. The zero-order valence-corrected chi connectivity index (χ0v) is 20.3. The van der Waals surface area contributed by atoms with E-state index in [0.717, 1.165) is 41.5 Å². The molecule has 4 aromatic rings. The van der Waals surface area contributed by atoms with E-state index in [1.54, 1.807) is 11.8 Å². The van der Waals surface area contributed by atoms with Crippen LogP contribution in [-0.4, -0.2) is 59.2 Å². The van der Waals surface area contributed by atoms with Crippen molar-refractivity contribution in [1.82, 2.24) is 25.2 Å². The molecule has 0 unspecified atom stereocenters. The number of aromatic nitrogens is 3. The summed E-state index contributed by atoms with van der Waals surface area (Å²) in [6.45, 7) is 6.76. The molecule has 1 fully saturated rings. The molecule has 8 heteroatoms. The maximum Gasteiger partial charge on any atom is 0.317 e. The molecule has 1 aliphatic rings. The summed E-state index contributed by atoms with van der Waals surface area (Å²) in [6.07, 6.45) is 1.87. The molecule has 35 heavy (non-hydrogen) atoms. The maximum absolute atomic E-state index is 13.0. The predicted molar refractivity (Wildman–Crippen MR) is 137 cm³/mol. The van der Waals surface area contributed by atoms with Crippen LogP contribution in [0.25, 0.3) is 16.5 Å². The van der Waals surface area contributed by atoms with Crippen molar-refractivity contribution >= 4 is 22.5 Å². The molecule has 0 radical (unpaired) electrons. The largest absolute Gasteiger partial charge is 0.494 e. The topological polar surface area (TPSA) is 75.5 Å². The van der Waals surface area contributed by atoms with E-state index < -0.39 is 0 Å². The van der Waals surface area contributed by atoms with Gasteiger partial charge in [-0.2, -0.15) is 0 Å². The smallest absolute Gasteiger partial charge is 0.317 e. The van der Waals surface area contributed by atoms with Gasteiger partial charge in [0.05, 0.1) is 25.0 Å². The van der Waals surface area contributed by atoms with E-state index in [9.17, 15) is 4.79 Å². The number of hydrogen-bond acceptors (Lipinski definition) is 5. The summed E-state index contributed by atoms with van der Waals surface area (Å²) < 4.78 is 7.35. The Hall–Kier alpha value is -4.07. The first kappa shape index (κ1) is 22.7. The van der Waals surface area contributed by atoms with Gasteiger partial charge in [-0.1, -0.05) is 47.7 Å². The Morgan fingerprint density at radius 3 is 2.54 bits per heavy atom. The van der Waals surface area contributed by atoms with Gasteiger partial charge in [-0.15, -0.1) is 5.10 Å². The van der Waals surface area contributed by atoms with Gasteiger partial charge >= 0.3 is 6.03 Å². The zero-order valence-electron chi connectivity index (χ0n) is 20.3. The number of carbonyl (C=O) groups excluding carboxylic acids is 1. The highest BCUT2D eigenvalue weighted by molar-refractivity contribution is 5.86. The van der Waals surface area contributed by atoms with Crippen LogP contribution in [0, 0.1) is 6.92 Å². The number of urea groups is 1. The number of benzene rings is 3. The maximum atomic E-state index is 13.0. The van der Waals surface area contributed by atoms with Crippen LogP contribution in [0.15, 0.2) is 66.9 Å². The number of amides is 2. The molecule has 1 aliphatic heterocycles. The lowest BCUT2D eigenvalue weighted by Gasteiger charge is -2.36. The standard InChI is InChI=1S/C27H30N6O2/c1-19-18-33(30-29-19)25-12-11-22(17-26(25)35-3)31-13-15-32(16-14-31)27(34)28-20(2)23-10-6-8-21-7-4-5-9-24(21)23/h4-12,17-18,20H,13-16H2,1-3H3,(H,28,34)/t20-/m0/s1. The molecule has 0 saturated carbocycles. The number of carbonyl (C=O) groups is 1. The minimum atomic E-state index is -0.0798. The predicted octanol–water partition coefficient (Wildman–Crippen LogP) is 4.33. The third kappa shape index (κ3) is 4.64. The average Bonchev–Trinajstić information content (AvgIpc) is 3.33. The number of anilines is 1. The third-order valence-corrected chi connectivity index (χ3v) is 6.58. The summed E-state index contributed by atoms with van der Waals surface area (Å²) in [7, 11) is 1.66. The summed E-state index contributed by atoms with van der Waals surface area (Å²) in [5.41, 5.74) is 3.88. The second-order valence-electron chi connectivity index (χ2n) is 8.87. The van der Waals surface area contributed by atoms with Gasteiger partial charge in [0.15, 0.2) is 0 Å². The van der Waals surface area contributed by atoms with Crippen LogP contribution in [0.5, 0.6) is 5.75 Å². The Labute approximate surface area is 205 Å². The van der Waals surface area contributed by atoms with Crippen molar-refractivity contribution in [3.63, 3.8) is 0 Å². The van der Waals surface area contributed by atoms with Crippen LogP contribution in [0.3, 0.4) is 0 Å². The summed E-state index contributed by atoms with van der Waals surface area (Å²) in [5.74, 6) is 0.733. The molecule has 0 bridgehead atoms. The lowest BCUT2D eigenvalue weighted by molar-refractivity contribution is 0.191. The van der Waals surface area contributed by atoms with E-state index in [0.29, 0.717) is 13.1 Å². The van der Waals surface area contributed by atoms with Crippen LogP contribution in [0.1, 0.15) is 24.2 Å². The Morgan fingerprint density at radius 2 is 1.80 bits per heavy atom. The van der Waals surface area contributed by atoms with Crippen LogP contribution in [0.4, 0.5) is 10.5 Å². The van der Waals surface area contributed by atoms with Crippen molar-refractivity contribution < 1.29 is 9.53 Å². The molecule has 1 atom stereocenters. The Kier molecular flexibility index (Phi) is 6.27. The van der Waals surface area contributed by atoms with Crippen molar-refractivity contribution in [1.29, 1.82) is 0 Å². The van der Waals surface area contributed by atoms with E-state index in [-0.39, 0.29) is 12.1 Å². The molecule has 1 N–H and O–H groups in total. The van der Waals surface area contributed by atoms with Crippen molar-refractivity contribution in [2.75, 3.05) is 38.2 Å². The van der Waals surface area contributed by atoms with Gasteiger partial charge in [0.2, 0.25) is 0 Å². The van der Waals surface area contributed by atoms with E-state index in [2.05, 4.69) is 50.9 Å². The number of hydrogen-bond donors (Lipinski definition) is 1. The molecule has 0 spiro atoms. The van der Waals surface area contributed by atoms with Crippen molar-refractivity contribution in [3.05, 3.63) is 78.1 Å². The highest BCUT2D eigenvalue weighted by Crippen LogP contribution is 2.29. The molecule has 1 aromatic heterocycles. The van der Waals surface area contributed by atoms with E-state index in [1.807, 2.05) is 55.3 Å². The van der Waals surface area contributed by atoms with Crippen LogP contribution >= 0.6 is 0 Å². The Bertz CT molecular complexity index is 1340. The number of piperazine rings is 1. The molecule has 1 saturated heterocycles. The highest BCUT2D eigenvalue weighted by atomic mass is 16.5. The van der Waals surface area contributed by atoms with Crippen LogP contribution in [0.2, 0.25) is 0 Å². The SMILES string of the molecule is COc1cc(N2CCN(C(=O)N[C@@H](C)c3cccc4ccccc34)CC2)ccc1-n1cc(C)nn1. The van der Waals surface area contributed by atoms with Gasteiger partial charge in [0.1, 0.15) is 11.4 Å². The Morgan fingerprint density at radius 1 is 1.03 bits per heavy atom. The highest BCUT2D eigenvalue weighted by Gasteiger charge is 2.24. The number of aryl methyl sites for hydroxylation is 1. The minimum Gasteiger partial charge on any atom is -0.494 e. The normalized spacial score (nSPS) is 14.7. The number of nitrogens with zero attached hydrogens (tertiary/aromatic N) is 5. The van der Waals surface area contributed by atoms with Gasteiger partial charge in [0, 0.05) is 37.9 Å². The minimum absolute atomic E-state index is 0.0282. The molecule has 3 aromatic carbocycles. The quantitative estimate of drug-likeness (QED) is 0.470. The first-order valence-electron chi connectivity index (χ1n) is 11.9. The molecular weight excluding hydrogens is 440 g/mol. The molecule has 180 valence electrons. The van der Waals surface area contributed by atoms with Gasteiger partial charge in [-0.3, -0.25) is 0 Å². The third-order valence-electron chi connectivity index (χ3n) is 6.58. The Balaban J connectivity index is 1.22. The van der Waals surface area contributed by atoms with Gasteiger partial charge < -0.3 is 19.9 Å². The molecule has 2 heterocycles. The number of ether oxygens (including phenoxy) is 1. The zero-order chi connectivity index (χ0) is 24.4. The summed E-state index contributed by atoms with van der Waals surface area (Å²) in [4.78, 5) is 17.2. The summed E-state index contributed by atoms with van der Waals surface area (Å²) in [6, 6.07) is 20.5. The fourth-order valence-electron chi connectivity index (χ4n) is 4.67. The number of methoxy groups -OCH3 is 1. The fraction of sp³-hybridized carbons (Fsp3) is 0.296. The van der Waals surface area contributed by atoms with Crippen molar-refractivity contribution in [3.8, 4) is 11.4 Å². The van der Waals surface area contributed by atoms with Crippen molar-refractivity contribution in [2.24, 2.45) is 0 Å². The first-order chi connectivity index (χ1) is 17.0. The van der Waals surface area contributed by atoms with E-state index in [4.69, 9.17) is 4.74 Å². The molecule has 8 nitrogen and oxygen atoms in total. The number of fused-ring (bicyclic) bond motifs is 1. The first-order valence-corrected chi connectivity index (χ1v) is 11.9. The van der Waals surface area contributed by atoms with Gasteiger partial charge in [-0.25, -0.2) is 9.48 Å². The lowest BCUT2D eigenvalue weighted by atomic mass is 10.00. The molecule has 5 rings (SSSR count). The monoisotopic (exact) mass is 470 g/mol. The van der Waals surface area contributed by atoms with Crippen LogP contribution < -0.4 is 15.0 Å². The van der Waals surface area contributed by atoms with Gasteiger partial charge in [-0.05, 0) is 42.3 Å². The lowest BCUT2D eigenvalue weighted by Crippen LogP contribution is -2.52. The summed E-state index contributed by atoms with van der Waals surface area (Å²) >= 11 is 0.